The van der Waals surface area contributed by atoms with Gasteiger partial charge >= 0.3 is 5.97 Å². The molecule has 5 rings (SSSR count). The van der Waals surface area contributed by atoms with E-state index in [4.69, 9.17) is 0 Å². The Hall–Kier alpha value is -2.36. The van der Waals surface area contributed by atoms with E-state index in [2.05, 4.69) is 51.2 Å². The third-order valence-corrected chi connectivity index (χ3v) is 10.3. The van der Waals surface area contributed by atoms with E-state index < -0.39 is 11.5 Å². The summed E-state index contributed by atoms with van der Waals surface area (Å²) in [5.41, 5.74) is 2.65. The molecule has 4 heteroatoms. The second kappa shape index (κ2) is 8.10. The number of rotatable bonds is 4. The molecule has 0 radical (unpaired) electrons. The zero-order chi connectivity index (χ0) is 24.3. The SMILES string of the molecule is CC(C)(NC(=O)[C@H]1CC[C@H]2[C@@H]3CC=C4C=C(C(=O)O)CC[C@]4(C)[C@H]3CC[C@]12C)c1ccccc1. The molecule has 4 aliphatic rings. The van der Waals surface area contributed by atoms with Gasteiger partial charge < -0.3 is 10.4 Å². The predicted octanol–water partition coefficient (Wildman–Crippen LogP) is 6.24. The molecule has 2 N–H and O–H groups in total. The maximum Gasteiger partial charge on any atom is 0.331 e. The van der Waals surface area contributed by atoms with Crippen LogP contribution < -0.4 is 5.32 Å². The summed E-state index contributed by atoms with van der Waals surface area (Å²) in [6.07, 6.45) is 11.2. The van der Waals surface area contributed by atoms with Crippen LogP contribution in [0.4, 0.5) is 0 Å². The van der Waals surface area contributed by atoms with E-state index in [0.717, 1.165) is 44.1 Å². The summed E-state index contributed by atoms with van der Waals surface area (Å²) >= 11 is 0. The molecule has 2 saturated carbocycles. The van der Waals surface area contributed by atoms with E-state index in [0.29, 0.717) is 29.7 Å². The summed E-state index contributed by atoms with van der Waals surface area (Å²) in [6, 6.07) is 10.3. The highest BCUT2D eigenvalue weighted by atomic mass is 16.4. The summed E-state index contributed by atoms with van der Waals surface area (Å²) in [6.45, 7) is 8.95. The van der Waals surface area contributed by atoms with Crippen LogP contribution in [0.3, 0.4) is 0 Å². The fourth-order valence-electron chi connectivity index (χ4n) is 8.25. The number of amides is 1. The third kappa shape index (κ3) is 3.56. The van der Waals surface area contributed by atoms with Crippen molar-refractivity contribution in [1.29, 1.82) is 0 Å². The minimum atomic E-state index is -0.774. The number of allylic oxidation sites excluding steroid dienone is 3. The number of carboxylic acids is 1. The van der Waals surface area contributed by atoms with Crippen molar-refractivity contribution in [1.82, 2.24) is 5.32 Å². The van der Waals surface area contributed by atoms with Crippen molar-refractivity contribution >= 4 is 11.9 Å². The van der Waals surface area contributed by atoms with Crippen LogP contribution in [0.2, 0.25) is 0 Å². The number of aliphatic carboxylic acids is 1. The number of hydrogen-bond acceptors (Lipinski definition) is 2. The standard InChI is InChI=1S/C30H39NO3/c1-28(2,20-8-6-5-7-9-20)31-26(32)25-13-12-23-22-11-10-21-18-19(27(33)34)14-16-29(21,3)24(22)15-17-30(23,25)4/h5-10,18,22-25H,11-17H2,1-4H3,(H,31,32)(H,33,34)/t22-,23-,24-,25+,29-,30-/m0/s1. The minimum absolute atomic E-state index is 0.0381. The van der Waals surface area contributed by atoms with E-state index in [9.17, 15) is 14.7 Å². The second-order valence-corrected chi connectivity index (χ2v) is 12.3. The van der Waals surface area contributed by atoms with Crippen LogP contribution in [-0.2, 0) is 15.1 Å². The molecule has 0 saturated heterocycles. The minimum Gasteiger partial charge on any atom is -0.478 e. The van der Waals surface area contributed by atoms with Crippen molar-refractivity contribution < 1.29 is 14.7 Å². The molecule has 2 fully saturated rings. The Morgan fingerprint density at radius 1 is 1.03 bits per heavy atom. The highest BCUT2D eigenvalue weighted by Crippen LogP contribution is 2.66. The van der Waals surface area contributed by atoms with Gasteiger partial charge in [-0.3, -0.25) is 4.79 Å². The van der Waals surface area contributed by atoms with Crippen LogP contribution in [0.5, 0.6) is 0 Å². The molecule has 6 atom stereocenters. The Morgan fingerprint density at radius 2 is 1.76 bits per heavy atom. The Kier molecular flexibility index (Phi) is 5.57. The van der Waals surface area contributed by atoms with Crippen molar-refractivity contribution in [2.45, 2.75) is 78.2 Å². The molecule has 0 spiro atoms. The van der Waals surface area contributed by atoms with Gasteiger partial charge in [-0.05, 0) is 105 Å². The Bertz CT molecular complexity index is 1050. The van der Waals surface area contributed by atoms with E-state index in [1.807, 2.05) is 24.3 Å². The van der Waals surface area contributed by atoms with Gasteiger partial charge in [0.05, 0.1) is 5.54 Å². The lowest BCUT2D eigenvalue weighted by Crippen LogP contribution is -2.52. The normalized spacial score (nSPS) is 36.9. The van der Waals surface area contributed by atoms with Crippen molar-refractivity contribution in [2.75, 3.05) is 0 Å². The molecule has 0 heterocycles. The lowest BCUT2D eigenvalue weighted by Gasteiger charge is -2.57. The monoisotopic (exact) mass is 461 g/mol. The molecular formula is C30H39NO3. The number of fused-ring (bicyclic) bond motifs is 5. The van der Waals surface area contributed by atoms with E-state index in [1.165, 1.54) is 5.57 Å². The van der Waals surface area contributed by atoms with Gasteiger partial charge in [-0.15, -0.1) is 0 Å². The van der Waals surface area contributed by atoms with Gasteiger partial charge in [-0.25, -0.2) is 4.79 Å². The molecular weight excluding hydrogens is 422 g/mol. The summed E-state index contributed by atoms with van der Waals surface area (Å²) in [4.78, 5) is 25.2. The third-order valence-electron chi connectivity index (χ3n) is 10.3. The van der Waals surface area contributed by atoms with Gasteiger partial charge in [0.2, 0.25) is 5.91 Å². The van der Waals surface area contributed by atoms with Crippen molar-refractivity contribution in [3.05, 3.63) is 59.2 Å². The summed E-state index contributed by atoms with van der Waals surface area (Å²) in [5, 5.41) is 12.9. The highest BCUT2D eigenvalue weighted by Gasteiger charge is 2.59. The Morgan fingerprint density at radius 3 is 2.47 bits per heavy atom. The number of carbonyl (C=O) groups is 2. The fraction of sp³-hybridized carbons (Fsp3) is 0.600. The second-order valence-electron chi connectivity index (χ2n) is 12.3. The van der Waals surface area contributed by atoms with Crippen LogP contribution in [0, 0.1) is 34.5 Å². The molecule has 0 aromatic heterocycles. The summed E-state index contributed by atoms with van der Waals surface area (Å²) in [5.74, 6) is 1.23. The maximum absolute atomic E-state index is 13.7. The van der Waals surface area contributed by atoms with Crippen molar-refractivity contribution in [2.24, 2.45) is 34.5 Å². The molecule has 0 bridgehead atoms. The van der Waals surface area contributed by atoms with Gasteiger partial charge in [0.1, 0.15) is 0 Å². The van der Waals surface area contributed by atoms with Crippen LogP contribution in [0.1, 0.15) is 78.2 Å². The van der Waals surface area contributed by atoms with Crippen LogP contribution in [0.25, 0.3) is 0 Å². The van der Waals surface area contributed by atoms with Gasteiger partial charge in [0.15, 0.2) is 0 Å². The van der Waals surface area contributed by atoms with Gasteiger partial charge in [0, 0.05) is 11.5 Å². The molecule has 34 heavy (non-hydrogen) atoms. The number of nitrogens with one attached hydrogen (secondary N) is 1. The molecule has 0 unspecified atom stereocenters. The predicted molar refractivity (Wildman–Crippen MR) is 134 cm³/mol. The maximum atomic E-state index is 13.7. The van der Waals surface area contributed by atoms with Gasteiger partial charge in [0.25, 0.3) is 0 Å². The van der Waals surface area contributed by atoms with Crippen LogP contribution >= 0.6 is 0 Å². The van der Waals surface area contributed by atoms with Gasteiger partial charge in [-0.2, -0.15) is 0 Å². The highest BCUT2D eigenvalue weighted by molar-refractivity contribution is 5.87. The number of carboxylic acid groups (broad SMARTS) is 1. The first kappa shape index (κ1) is 23.4. The zero-order valence-corrected chi connectivity index (χ0v) is 21.1. The van der Waals surface area contributed by atoms with Crippen LogP contribution in [-0.4, -0.2) is 17.0 Å². The average Bonchev–Trinajstić information content (AvgIpc) is 3.16. The van der Waals surface area contributed by atoms with Crippen molar-refractivity contribution in [3.8, 4) is 0 Å². The summed E-state index contributed by atoms with van der Waals surface area (Å²) in [7, 11) is 0. The molecule has 1 aromatic carbocycles. The topological polar surface area (TPSA) is 66.4 Å². The largest absolute Gasteiger partial charge is 0.478 e. The van der Waals surface area contributed by atoms with E-state index in [1.54, 1.807) is 0 Å². The Balaban J connectivity index is 1.37. The van der Waals surface area contributed by atoms with E-state index in [-0.39, 0.29) is 22.7 Å². The molecule has 1 amide bonds. The number of benzene rings is 1. The first-order valence-electron chi connectivity index (χ1n) is 13.1. The first-order chi connectivity index (χ1) is 16.1. The lowest BCUT2D eigenvalue weighted by molar-refractivity contribution is -0.133. The lowest BCUT2D eigenvalue weighted by atomic mass is 9.48. The fourth-order valence-corrected chi connectivity index (χ4v) is 8.25. The number of carbonyl (C=O) groups excluding carboxylic acids is 1. The van der Waals surface area contributed by atoms with Crippen molar-refractivity contribution in [3.63, 3.8) is 0 Å². The quantitative estimate of drug-likeness (QED) is 0.558. The molecule has 4 aliphatic carbocycles. The smallest absolute Gasteiger partial charge is 0.331 e. The molecule has 1 aromatic rings. The molecule has 182 valence electrons. The number of hydrogen-bond donors (Lipinski definition) is 2. The molecule has 0 aliphatic heterocycles. The average molecular weight is 462 g/mol. The van der Waals surface area contributed by atoms with Crippen LogP contribution in [0.15, 0.2) is 53.6 Å². The van der Waals surface area contributed by atoms with E-state index >= 15 is 0 Å². The van der Waals surface area contributed by atoms with Gasteiger partial charge in [-0.1, -0.05) is 50.3 Å². The zero-order valence-electron chi connectivity index (χ0n) is 21.1. The summed E-state index contributed by atoms with van der Waals surface area (Å²) < 4.78 is 0. The first-order valence-corrected chi connectivity index (χ1v) is 13.1. The molecule has 4 nitrogen and oxygen atoms in total. The Labute approximate surface area is 203 Å².